The van der Waals surface area contributed by atoms with E-state index in [-0.39, 0.29) is 23.1 Å². The predicted molar refractivity (Wildman–Crippen MR) is 74.2 cm³/mol. The minimum atomic E-state index is -3.76. The Bertz CT molecular complexity index is 874. The lowest BCUT2D eigenvalue weighted by Crippen LogP contribution is -2.55. The number of sulfonamides is 1. The highest BCUT2D eigenvalue weighted by Crippen LogP contribution is 2.29. The molecule has 2 aliphatic rings. The van der Waals surface area contributed by atoms with E-state index in [1.54, 1.807) is 4.72 Å². The molecule has 9 nitrogen and oxygen atoms in total. The van der Waals surface area contributed by atoms with Gasteiger partial charge in [-0.15, -0.1) is 0 Å². The molecule has 0 bridgehead atoms. The van der Waals surface area contributed by atoms with Gasteiger partial charge in [0, 0.05) is 0 Å². The molecule has 1 aromatic carbocycles. The third-order valence-electron chi connectivity index (χ3n) is 3.71. The van der Waals surface area contributed by atoms with Gasteiger partial charge >= 0.3 is 5.97 Å². The number of carbonyl (C=O) groups is 4. The molecule has 0 radical (unpaired) electrons. The van der Waals surface area contributed by atoms with Crippen LogP contribution in [-0.2, 0) is 14.8 Å². The molecule has 2 heterocycles. The Kier molecular flexibility index (Phi) is 3.22. The van der Waals surface area contributed by atoms with Gasteiger partial charge in [0.15, 0.2) is 0 Å². The number of fused-ring (bicyclic) bond motifs is 1. The molecule has 1 unspecified atom stereocenters. The van der Waals surface area contributed by atoms with Gasteiger partial charge in [0.1, 0.15) is 6.04 Å². The fourth-order valence-electron chi connectivity index (χ4n) is 2.68. The van der Waals surface area contributed by atoms with Crippen molar-refractivity contribution < 1.29 is 32.7 Å². The van der Waals surface area contributed by atoms with Crippen LogP contribution in [0.25, 0.3) is 0 Å². The highest BCUT2D eigenvalue weighted by molar-refractivity contribution is 7.90. The summed E-state index contributed by atoms with van der Waals surface area (Å²) in [6.07, 6.45) is -0.234. The summed E-state index contributed by atoms with van der Waals surface area (Å²) in [7, 11) is -3.76. The van der Waals surface area contributed by atoms with E-state index in [9.17, 15) is 27.6 Å². The van der Waals surface area contributed by atoms with Crippen LogP contribution in [0, 0.1) is 0 Å². The van der Waals surface area contributed by atoms with Crippen molar-refractivity contribution in [3.8, 4) is 0 Å². The van der Waals surface area contributed by atoms with Gasteiger partial charge < -0.3 is 5.11 Å². The van der Waals surface area contributed by atoms with Crippen LogP contribution in [0.1, 0.15) is 37.5 Å². The number of carboxylic acid groups (broad SMARTS) is 1. The lowest BCUT2D eigenvalue weighted by molar-refractivity contribution is -0.123. The number of aromatic carboxylic acids is 1. The Balaban J connectivity index is 2.03. The molecule has 0 saturated carbocycles. The second-order valence-electron chi connectivity index (χ2n) is 5.10. The highest BCUT2D eigenvalue weighted by Gasteiger charge is 2.47. The summed E-state index contributed by atoms with van der Waals surface area (Å²) in [6.45, 7) is 0. The maximum atomic E-state index is 12.5. The molecule has 2 aliphatic heterocycles. The third kappa shape index (κ3) is 2.27. The molecule has 0 spiro atoms. The van der Waals surface area contributed by atoms with E-state index in [2.05, 4.69) is 0 Å². The summed E-state index contributed by atoms with van der Waals surface area (Å²) in [5.74, 6) is -4.50. The molecular formula is C13H10N2O7S. The van der Waals surface area contributed by atoms with Crippen LogP contribution in [0.3, 0.4) is 0 Å². The van der Waals surface area contributed by atoms with Crippen molar-refractivity contribution in [2.75, 3.05) is 5.75 Å². The summed E-state index contributed by atoms with van der Waals surface area (Å²) in [5, 5.41) is 9.13. The zero-order valence-electron chi connectivity index (χ0n) is 11.5. The molecule has 1 aromatic rings. The number of benzene rings is 1. The number of imide groups is 1. The SMILES string of the molecule is O=C(O)c1cccc2c1C(=O)N(C1CCS(=O)(=O)NC1=O)C2=O. The van der Waals surface area contributed by atoms with Crippen molar-refractivity contribution in [3.05, 3.63) is 34.9 Å². The smallest absolute Gasteiger partial charge is 0.336 e. The number of nitrogens with zero attached hydrogens (tertiary/aromatic N) is 1. The summed E-state index contributed by atoms with van der Waals surface area (Å²) in [4.78, 5) is 48.6. The molecule has 0 aromatic heterocycles. The maximum Gasteiger partial charge on any atom is 0.336 e. The van der Waals surface area contributed by atoms with Crippen LogP contribution in [0.5, 0.6) is 0 Å². The van der Waals surface area contributed by atoms with Gasteiger partial charge in [0.2, 0.25) is 10.0 Å². The number of nitrogens with one attached hydrogen (secondary N) is 1. The predicted octanol–water partition coefficient (Wildman–Crippen LogP) is -0.801. The third-order valence-corrected chi connectivity index (χ3v) is 4.99. The lowest BCUT2D eigenvalue weighted by Gasteiger charge is -2.28. The van der Waals surface area contributed by atoms with E-state index in [1.165, 1.54) is 18.2 Å². The van der Waals surface area contributed by atoms with E-state index in [0.717, 1.165) is 0 Å². The largest absolute Gasteiger partial charge is 0.478 e. The van der Waals surface area contributed by atoms with Gasteiger partial charge in [0.25, 0.3) is 17.7 Å². The quantitative estimate of drug-likeness (QED) is 0.673. The second kappa shape index (κ2) is 4.88. The Labute approximate surface area is 129 Å². The van der Waals surface area contributed by atoms with E-state index in [1.807, 2.05) is 0 Å². The first-order valence-corrected chi connectivity index (χ1v) is 8.16. The van der Waals surface area contributed by atoms with Gasteiger partial charge in [-0.25, -0.2) is 13.2 Å². The van der Waals surface area contributed by atoms with Gasteiger partial charge in [-0.2, -0.15) is 0 Å². The van der Waals surface area contributed by atoms with Gasteiger partial charge in [-0.1, -0.05) is 6.07 Å². The van der Waals surface area contributed by atoms with E-state index in [4.69, 9.17) is 5.11 Å². The van der Waals surface area contributed by atoms with Gasteiger partial charge in [-0.3, -0.25) is 24.0 Å². The number of amides is 3. The van der Waals surface area contributed by atoms with Gasteiger partial charge in [0.05, 0.1) is 22.4 Å². The summed E-state index contributed by atoms with van der Waals surface area (Å²) in [6, 6.07) is 2.51. The monoisotopic (exact) mass is 338 g/mol. The molecule has 3 amide bonds. The zero-order valence-corrected chi connectivity index (χ0v) is 12.3. The normalized spacial score (nSPS) is 22.7. The first kappa shape index (κ1) is 15.2. The van der Waals surface area contributed by atoms with E-state index < -0.39 is 45.5 Å². The van der Waals surface area contributed by atoms with Crippen molar-refractivity contribution in [3.63, 3.8) is 0 Å². The first-order chi connectivity index (χ1) is 10.7. The zero-order chi connectivity index (χ0) is 16.9. The Morgan fingerprint density at radius 3 is 2.52 bits per heavy atom. The summed E-state index contributed by atoms with van der Waals surface area (Å²) < 4.78 is 24.5. The molecule has 1 fully saturated rings. The van der Waals surface area contributed by atoms with Crippen LogP contribution >= 0.6 is 0 Å². The van der Waals surface area contributed by atoms with Crippen molar-refractivity contribution in [1.82, 2.24) is 9.62 Å². The second-order valence-corrected chi connectivity index (χ2v) is 6.95. The van der Waals surface area contributed by atoms with Crippen molar-refractivity contribution in [1.29, 1.82) is 0 Å². The molecule has 2 N–H and O–H groups in total. The molecule has 10 heteroatoms. The highest BCUT2D eigenvalue weighted by atomic mass is 32.2. The van der Waals surface area contributed by atoms with Gasteiger partial charge in [-0.05, 0) is 18.6 Å². The Morgan fingerprint density at radius 2 is 1.91 bits per heavy atom. The van der Waals surface area contributed by atoms with E-state index >= 15 is 0 Å². The fraction of sp³-hybridized carbons (Fsp3) is 0.231. The number of hydrogen-bond acceptors (Lipinski definition) is 6. The van der Waals surface area contributed by atoms with Crippen LogP contribution in [-0.4, -0.2) is 53.9 Å². The molecule has 23 heavy (non-hydrogen) atoms. The Hall–Kier alpha value is -2.75. The molecule has 0 aliphatic carbocycles. The fourth-order valence-corrected chi connectivity index (χ4v) is 3.76. The minimum Gasteiger partial charge on any atom is -0.478 e. The van der Waals surface area contributed by atoms with Crippen LogP contribution in [0.15, 0.2) is 18.2 Å². The average molecular weight is 338 g/mol. The van der Waals surface area contributed by atoms with Crippen LogP contribution < -0.4 is 4.72 Å². The Morgan fingerprint density at radius 1 is 1.22 bits per heavy atom. The molecule has 3 rings (SSSR count). The standard InChI is InChI=1S/C13H10N2O7S/c16-10-8(4-5-23(21,22)14-10)15-11(17)6-2-1-3-7(13(19)20)9(6)12(15)18/h1-3,8H,4-5H2,(H,14,16)(H,19,20). The topological polar surface area (TPSA) is 138 Å². The number of rotatable bonds is 2. The van der Waals surface area contributed by atoms with Crippen molar-refractivity contribution >= 4 is 33.7 Å². The molecule has 120 valence electrons. The molecular weight excluding hydrogens is 328 g/mol. The van der Waals surface area contributed by atoms with Crippen LogP contribution in [0.4, 0.5) is 0 Å². The van der Waals surface area contributed by atoms with Crippen molar-refractivity contribution in [2.24, 2.45) is 0 Å². The van der Waals surface area contributed by atoms with Crippen LogP contribution in [0.2, 0.25) is 0 Å². The summed E-state index contributed by atoms with van der Waals surface area (Å²) in [5.41, 5.74) is -0.741. The number of hydrogen-bond donors (Lipinski definition) is 2. The van der Waals surface area contributed by atoms with E-state index in [0.29, 0.717) is 4.90 Å². The van der Waals surface area contributed by atoms with Crippen molar-refractivity contribution in [2.45, 2.75) is 12.5 Å². The number of carboxylic acids is 1. The summed E-state index contributed by atoms with van der Waals surface area (Å²) >= 11 is 0. The lowest BCUT2D eigenvalue weighted by atomic mass is 10.0. The molecule has 1 saturated heterocycles. The maximum absolute atomic E-state index is 12.5. The molecule has 1 atom stereocenters. The average Bonchev–Trinajstić information content (AvgIpc) is 2.71. The minimum absolute atomic E-state index is 0.115. The first-order valence-electron chi connectivity index (χ1n) is 6.51. The number of carbonyl (C=O) groups excluding carboxylic acids is 3.